The van der Waals surface area contributed by atoms with E-state index >= 15 is 0 Å². The van der Waals surface area contributed by atoms with Crippen molar-refractivity contribution >= 4 is 28.3 Å². The van der Waals surface area contributed by atoms with Crippen LogP contribution in [0.3, 0.4) is 0 Å². The third-order valence-electron chi connectivity index (χ3n) is 2.14. The van der Waals surface area contributed by atoms with E-state index < -0.39 is 16.4 Å². The molecule has 0 amide bonds. The molecule has 0 bridgehead atoms. The first-order valence-corrected chi connectivity index (χ1v) is 6.01. The van der Waals surface area contributed by atoms with Gasteiger partial charge >= 0.3 is 5.69 Å². The Morgan fingerprint density at radius 1 is 1.22 bits per heavy atom. The third kappa shape index (κ3) is 2.95. The minimum atomic E-state index is -0.674. The Bertz CT molecular complexity index is 604. The van der Waals surface area contributed by atoms with Crippen molar-refractivity contribution in [3.63, 3.8) is 0 Å². The van der Waals surface area contributed by atoms with Crippen molar-refractivity contribution < 1.29 is 14.1 Å². The highest BCUT2D eigenvalue weighted by atomic mass is 127. The molecule has 0 aliphatic heterocycles. The highest BCUT2D eigenvalue weighted by molar-refractivity contribution is 14.1. The molecule has 2 aromatic carbocycles. The lowest BCUT2D eigenvalue weighted by atomic mass is 10.3. The lowest BCUT2D eigenvalue weighted by Gasteiger charge is -2.06. The number of halogens is 2. The zero-order chi connectivity index (χ0) is 13.1. The van der Waals surface area contributed by atoms with Gasteiger partial charge in [-0.1, -0.05) is 6.07 Å². The summed E-state index contributed by atoms with van der Waals surface area (Å²) >= 11 is 2.10. The first kappa shape index (κ1) is 12.7. The Balaban J connectivity index is 2.37. The van der Waals surface area contributed by atoms with Crippen LogP contribution in [-0.4, -0.2) is 4.92 Å². The Morgan fingerprint density at radius 2 is 2.00 bits per heavy atom. The van der Waals surface area contributed by atoms with Crippen molar-refractivity contribution in [1.29, 1.82) is 0 Å². The molecule has 0 spiro atoms. The molecule has 0 N–H and O–H groups in total. The molecule has 0 fully saturated rings. The van der Waals surface area contributed by atoms with Crippen LogP contribution >= 0.6 is 22.6 Å². The summed E-state index contributed by atoms with van der Waals surface area (Å²) in [5, 5.41) is 10.8. The number of ether oxygens (including phenoxy) is 1. The van der Waals surface area contributed by atoms with E-state index in [2.05, 4.69) is 22.6 Å². The maximum absolute atomic E-state index is 12.9. The number of nitrogens with zero attached hydrogens (tertiary/aromatic N) is 1. The van der Waals surface area contributed by atoms with Crippen LogP contribution in [0.4, 0.5) is 10.1 Å². The molecule has 0 atom stereocenters. The number of hydrogen-bond acceptors (Lipinski definition) is 3. The first-order chi connectivity index (χ1) is 8.56. The molecule has 0 aliphatic carbocycles. The first-order valence-electron chi connectivity index (χ1n) is 4.93. The fraction of sp³-hybridized carbons (Fsp3) is 0. The fourth-order valence-corrected chi connectivity index (χ4v) is 1.89. The average molecular weight is 359 g/mol. The SMILES string of the molecule is O=[N+]([O-])c1cc(F)ccc1Oc1cccc(I)c1. The van der Waals surface area contributed by atoms with Crippen LogP contribution in [0.2, 0.25) is 0 Å². The zero-order valence-electron chi connectivity index (χ0n) is 8.97. The fourth-order valence-electron chi connectivity index (χ4n) is 1.38. The monoisotopic (exact) mass is 359 g/mol. The van der Waals surface area contributed by atoms with E-state index in [4.69, 9.17) is 4.74 Å². The summed E-state index contributed by atoms with van der Waals surface area (Å²) in [6.07, 6.45) is 0. The van der Waals surface area contributed by atoms with Crippen LogP contribution in [0.15, 0.2) is 42.5 Å². The Hall–Kier alpha value is -1.70. The summed E-state index contributed by atoms with van der Waals surface area (Å²) in [4.78, 5) is 10.1. The van der Waals surface area contributed by atoms with Crippen LogP contribution < -0.4 is 4.74 Å². The number of nitro benzene ring substituents is 1. The van der Waals surface area contributed by atoms with Gasteiger partial charge in [-0.15, -0.1) is 0 Å². The molecule has 18 heavy (non-hydrogen) atoms. The maximum atomic E-state index is 12.9. The molecule has 0 aliphatic rings. The molecule has 92 valence electrons. The zero-order valence-corrected chi connectivity index (χ0v) is 11.1. The van der Waals surface area contributed by atoms with Crippen LogP contribution in [0.25, 0.3) is 0 Å². The molecule has 0 unspecified atom stereocenters. The quantitative estimate of drug-likeness (QED) is 0.470. The lowest BCUT2D eigenvalue weighted by molar-refractivity contribution is -0.385. The molecule has 0 radical (unpaired) electrons. The normalized spacial score (nSPS) is 10.1. The topological polar surface area (TPSA) is 52.4 Å². The molecular weight excluding hydrogens is 352 g/mol. The van der Waals surface area contributed by atoms with E-state index in [0.717, 1.165) is 15.7 Å². The molecule has 6 heteroatoms. The summed E-state index contributed by atoms with van der Waals surface area (Å²) in [7, 11) is 0. The van der Waals surface area contributed by atoms with Gasteiger partial charge in [0.25, 0.3) is 0 Å². The summed E-state index contributed by atoms with van der Waals surface area (Å²) in [6, 6.07) is 10.2. The average Bonchev–Trinajstić information content (AvgIpc) is 2.31. The van der Waals surface area contributed by atoms with Crippen molar-refractivity contribution in [2.24, 2.45) is 0 Å². The van der Waals surface area contributed by atoms with Crippen LogP contribution in [-0.2, 0) is 0 Å². The van der Waals surface area contributed by atoms with E-state index in [1.165, 1.54) is 6.07 Å². The van der Waals surface area contributed by atoms with Gasteiger partial charge in [-0.3, -0.25) is 10.1 Å². The lowest BCUT2D eigenvalue weighted by Crippen LogP contribution is -1.94. The third-order valence-corrected chi connectivity index (χ3v) is 2.81. The van der Waals surface area contributed by atoms with E-state index in [1.807, 2.05) is 6.07 Å². The molecule has 0 saturated carbocycles. The molecule has 2 aromatic rings. The van der Waals surface area contributed by atoms with Gasteiger partial charge in [-0.2, -0.15) is 0 Å². The van der Waals surface area contributed by atoms with Crippen molar-refractivity contribution in [3.05, 3.63) is 62.0 Å². The van der Waals surface area contributed by atoms with Crippen molar-refractivity contribution in [1.82, 2.24) is 0 Å². The second-order valence-electron chi connectivity index (χ2n) is 3.43. The minimum Gasteiger partial charge on any atom is -0.450 e. The highest BCUT2D eigenvalue weighted by Crippen LogP contribution is 2.32. The smallest absolute Gasteiger partial charge is 0.314 e. The number of benzene rings is 2. The van der Waals surface area contributed by atoms with Crippen LogP contribution in [0, 0.1) is 19.5 Å². The minimum absolute atomic E-state index is 0.0170. The van der Waals surface area contributed by atoms with Gasteiger partial charge in [-0.25, -0.2) is 4.39 Å². The molecule has 0 saturated heterocycles. The molecule has 4 nitrogen and oxygen atoms in total. The van der Waals surface area contributed by atoms with E-state index in [1.54, 1.807) is 18.2 Å². The standard InChI is InChI=1S/C12H7FINO3/c13-8-4-5-12(11(6-8)15(16)17)18-10-3-1-2-9(14)7-10/h1-7H. The Kier molecular flexibility index (Phi) is 3.75. The molecule has 0 aromatic heterocycles. The van der Waals surface area contributed by atoms with Crippen LogP contribution in [0.1, 0.15) is 0 Å². The highest BCUT2D eigenvalue weighted by Gasteiger charge is 2.16. The van der Waals surface area contributed by atoms with E-state index in [-0.39, 0.29) is 5.75 Å². The summed E-state index contributed by atoms with van der Waals surface area (Å²) in [5.41, 5.74) is -0.395. The largest absolute Gasteiger partial charge is 0.450 e. The second-order valence-corrected chi connectivity index (χ2v) is 4.67. The molecule has 2 rings (SSSR count). The van der Waals surface area contributed by atoms with Gasteiger partial charge in [0.05, 0.1) is 11.0 Å². The van der Waals surface area contributed by atoms with Gasteiger partial charge in [0.1, 0.15) is 11.6 Å². The van der Waals surface area contributed by atoms with Crippen molar-refractivity contribution in [2.45, 2.75) is 0 Å². The predicted octanol–water partition coefficient (Wildman–Crippen LogP) is 4.13. The maximum Gasteiger partial charge on any atom is 0.314 e. The summed E-state index contributed by atoms with van der Waals surface area (Å²) in [6.45, 7) is 0. The summed E-state index contributed by atoms with van der Waals surface area (Å²) in [5.74, 6) is -0.184. The van der Waals surface area contributed by atoms with E-state index in [0.29, 0.717) is 5.75 Å². The van der Waals surface area contributed by atoms with Gasteiger partial charge < -0.3 is 4.74 Å². The second kappa shape index (κ2) is 5.30. The Morgan fingerprint density at radius 3 is 2.67 bits per heavy atom. The van der Waals surface area contributed by atoms with Crippen molar-refractivity contribution in [2.75, 3.05) is 0 Å². The molecular formula is C12H7FINO3. The number of nitro groups is 1. The van der Waals surface area contributed by atoms with E-state index in [9.17, 15) is 14.5 Å². The van der Waals surface area contributed by atoms with Crippen molar-refractivity contribution in [3.8, 4) is 11.5 Å². The number of hydrogen-bond donors (Lipinski definition) is 0. The van der Waals surface area contributed by atoms with Gasteiger partial charge in [0.2, 0.25) is 5.75 Å². The van der Waals surface area contributed by atoms with Gasteiger partial charge in [-0.05, 0) is 52.9 Å². The van der Waals surface area contributed by atoms with Gasteiger partial charge in [0, 0.05) is 3.57 Å². The van der Waals surface area contributed by atoms with Gasteiger partial charge in [0.15, 0.2) is 0 Å². The molecule has 0 heterocycles. The Labute approximate surface area is 116 Å². The summed E-state index contributed by atoms with van der Waals surface area (Å²) < 4.78 is 19.3. The predicted molar refractivity (Wildman–Crippen MR) is 72.3 cm³/mol. The number of rotatable bonds is 3. The van der Waals surface area contributed by atoms with Crippen LogP contribution in [0.5, 0.6) is 11.5 Å².